The van der Waals surface area contributed by atoms with Crippen LogP contribution in [0.15, 0.2) is 54.9 Å². The molecule has 0 saturated carbocycles. The van der Waals surface area contributed by atoms with E-state index < -0.39 is 18.0 Å². The van der Waals surface area contributed by atoms with Crippen LogP contribution in [-0.2, 0) is 13.6 Å². The minimum absolute atomic E-state index is 0.0380. The largest absolute Gasteiger partial charge is 0.497 e. The average molecular weight is 556 g/mol. The first-order chi connectivity index (χ1) is 19.8. The summed E-state index contributed by atoms with van der Waals surface area (Å²) in [6.45, 7) is 1.17. The van der Waals surface area contributed by atoms with E-state index in [1.807, 2.05) is 48.5 Å². The van der Waals surface area contributed by atoms with Crippen LogP contribution in [0.4, 0.5) is 22.2 Å². The zero-order valence-corrected chi connectivity index (χ0v) is 22.6. The van der Waals surface area contributed by atoms with Gasteiger partial charge in [0.2, 0.25) is 5.95 Å². The molecule has 0 spiro atoms. The molecule has 1 unspecified atom stereocenters. The van der Waals surface area contributed by atoms with E-state index >= 15 is 0 Å². The number of rotatable bonds is 8. The zero-order valence-electron chi connectivity index (χ0n) is 22.6. The molecular formula is C28H29N9O4. The lowest BCUT2D eigenvalue weighted by Gasteiger charge is -2.39. The summed E-state index contributed by atoms with van der Waals surface area (Å²) in [7, 11) is 3.38. The van der Waals surface area contributed by atoms with Gasteiger partial charge in [0.15, 0.2) is 0 Å². The molecule has 0 aliphatic carbocycles. The highest BCUT2D eigenvalue weighted by molar-refractivity contribution is 6.09. The Kier molecular flexibility index (Phi) is 7.82. The van der Waals surface area contributed by atoms with Gasteiger partial charge in [-0.3, -0.25) is 9.48 Å². The number of ether oxygens (including phenoxy) is 1. The third-order valence-corrected chi connectivity index (χ3v) is 6.85. The molecule has 1 fully saturated rings. The predicted molar refractivity (Wildman–Crippen MR) is 152 cm³/mol. The Balaban J connectivity index is 1.47. The highest BCUT2D eigenvalue weighted by atomic mass is 16.5. The Hall–Kier alpha value is -5.38. The first-order valence-corrected chi connectivity index (χ1v) is 12.9. The lowest BCUT2D eigenvalue weighted by Crippen LogP contribution is -2.55. The molecule has 2 amide bonds. The van der Waals surface area contributed by atoms with Crippen molar-refractivity contribution in [2.75, 3.05) is 42.3 Å². The average Bonchev–Trinajstić information content (AvgIpc) is 3.40. The molecule has 2 aromatic carbocycles. The predicted octanol–water partition coefficient (Wildman–Crippen LogP) is 3.32. The van der Waals surface area contributed by atoms with Crippen LogP contribution < -0.4 is 20.3 Å². The van der Waals surface area contributed by atoms with E-state index in [-0.39, 0.29) is 31.2 Å². The molecule has 0 radical (unpaired) electrons. The van der Waals surface area contributed by atoms with E-state index in [9.17, 15) is 20.0 Å². The van der Waals surface area contributed by atoms with Gasteiger partial charge in [0.05, 0.1) is 37.5 Å². The maximum absolute atomic E-state index is 13.6. The van der Waals surface area contributed by atoms with E-state index in [0.717, 1.165) is 16.3 Å². The molecule has 13 nitrogen and oxygen atoms in total. The van der Waals surface area contributed by atoms with Gasteiger partial charge in [0.1, 0.15) is 17.3 Å². The maximum Gasteiger partial charge on any atom is 0.407 e. The molecule has 41 heavy (non-hydrogen) atoms. The number of carboxylic acid groups (broad SMARTS) is 1. The van der Waals surface area contributed by atoms with Crippen molar-refractivity contribution in [2.45, 2.75) is 19.0 Å². The van der Waals surface area contributed by atoms with E-state index in [0.29, 0.717) is 30.3 Å². The van der Waals surface area contributed by atoms with Gasteiger partial charge in [0.25, 0.3) is 5.91 Å². The van der Waals surface area contributed by atoms with Gasteiger partial charge in [-0.15, -0.1) is 0 Å². The number of methoxy groups -OCH3 is 1. The number of aromatic nitrogens is 4. The zero-order chi connectivity index (χ0) is 28.9. The summed E-state index contributed by atoms with van der Waals surface area (Å²) >= 11 is 0. The van der Waals surface area contributed by atoms with Crippen LogP contribution >= 0.6 is 0 Å². The summed E-state index contributed by atoms with van der Waals surface area (Å²) in [6.07, 6.45) is 2.54. The third kappa shape index (κ3) is 6.11. The quantitative estimate of drug-likeness (QED) is 0.294. The number of carbonyl (C=O) groups is 2. The highest BCUT2D eigenvalue weighted by Gasteiger charge is 2.31. The van der Waals surface area contributed by atoms with Crippen LogP contribution in [0.2, 0.25) is 0 Å². The molecule has 210 valence electrons. The normalized spacial score (nSPS) is 14.9. The van der Waals surface area contributed by atoms with Crippen molar-refractivity contribution in [1.29, 1.82) is 5.26 Å². The number of carbonyl (C=O) groups excluding carboxylic acids is 1. The van der Waals surface area contributed by atoms with Gasteiger partial charge in [0, 0.05) is 62.5 Å². The van der Waals surface area contributed by atoms with Crippen molar-refractivity contribution in [3.63, 3.8) is 0 Å². The van der Waals surface area contributed by atoms with Crippen molar-refractivity contribution in [3.8, 4) is 11.8 Å². The minimum Gasteiger partial charge on any atom is -0.497 e. The second-order valence-corrected chi connectivity index (χ2v) is 9.60. The second kappa shape index (κ2) is 11.8. The Bertz CT molecular complexity index is 1630. The summed E-state index contributed by atoms with van der Waals surface area (Å²) in [4.78, 5) is 37.6. The van der Waals surface area contributed by atoms with Crippen molar-refractivity contribution < 1.29 is 19.4 Å². The summed E-state index contributed by atoms with van der Waals surface area (Å²) < 4.78 is 7.11. The summed E-state index contributed by atoms with van der Waals surface area (Å²) in [6, 6.07) is 14.4. The van der Waals surface area contributed by atoms with Crippen LogP contribution in [0.5, 0.6) is 5.75 Å². The Morgan fingerprint density at radius 2 is 2.02 bits per heavy atom. The number of fused-ring (bicyclic) bond motifs is 1. The molecule has 4 aromatic rings. The molecule has 2 aromatic heterocycles. The van der Waals surface area contributed by atoms with Gasteiger partial charge in [-0.05, 0) is 11.5 Å². The van der Waals surface area contributed by atoms with Gasteiger partial charge >= 0.3 is 6.09 Å². The van der Waals surface area contributed by atoms with Crippen LogP contribution in [0.1, 0.15) is 22.5 Å². The van der Waals surface area contributed by atoms with Crippen LogP contribution in [-0.4, -0.2) is 74.5 Å². The number of piperazine rings is 1. The maximum atomic E-state index is 13.6. The van der Waals surface area contributed by atoms with E-state index in [1.54, 1.807) is 30.1 Å². The van der Waals surface area contributed by atoms with Crippen LogP contribution in [0, 0.1) is 11.3 Å². The number of nitrogens with zero attached hydrogens (tertiary/aromatic N) is 7. The van der Waals surface area contributed by atoms with E-state index in [1.165, 1.54) is 4.90 Å². The molecule has 1 aliphatic heterocycles. The van der Waals surface area contributed by atoms with Gasteiger partial charge in [-0.1, -0.05) is 24.3 Å². The standard InChI is InChI=1S/C28H29N9O4/c1-35-16-18(15-31-35)14-30-27-33-24(13-25(34-27)36-9-10-37(28(39)40)20(17-36)7-8-29)26(38)32-23-12-21(41-2)11-19-5-3-4-6-22(19)23/h3-6,11-13,15-16,20H,7,9-10,14,17H2,1-2H3,(H,32,38)(H,39,40)(H,30,33,34). The third-order valence-electron chi connectivity index (χ3n) is 6.85. The monoisotopic (exact) mass is 555 g/mol. The van der Waals surface area contributed by atoms with E-state index in [2.05, 4.69) is 31.8 Å². The first kappa shape index (κ1) is 27.2. The minimum atomic E-state index is -1.07. The molecule has 1 aliphatic rings. The fourth-order valence-electron chi connectivity index (χ4n) is 4.82. The summed E-state index contributed by atoms with van der Waals surface area (Å²) in [5.74, 6) is 0.821. The van der Waals surface area contributed by atoms with E-state index in [4.69, 9.17) is 4.74 Å². The Labute approximate surface area is 236 Å². The number of hydrogen-bond acceptors (Lipinski definition) is 9. The van der Waals surface area contributed by atoms with Crippen molar-refractivity contribution in [2.24, 2.45) is 7.05 Å². The Morgan fingerprint density at radius 3 is 2.76 bits per heavy atom. The molecular weight excluding hydrogens is 526 g/mol. The fraction of sp³-hybridized carbons (Fsp3) is 0.286. The lowest BCUT2D eigenvalue weighted by atomic mass is 10.1. The Morgan fingerprint density at radius 1 is 1.20 bits per heavy atom. The summed E-state index contributed by atoms with van der Waals surface area (Å²) in [5.41, 5.74) is 1.59. The van der Waals surface area contributed by atoms with Gasteiger partial charge in [-0.2, -0.15) is 15.3 Å². The SMILES string of the molecule is COc1cc(NC(=O)c2cc(N3CCN(C(=O)O)C(CC#N)C3)nc(NCc3cnn(C)c3)n2)c2ccccc2c1. The highest BCUT2D eigenvalue weighted by Crippen LogP contribution is 2.30. The summed E-state index contributed by atoms with van der Waals surface area (Å²) in [5, 5.41) is 30.9. The van der Waals surface area contributed by atoms with Gasteiger partial charge < -0.3 is 30.3 Å². The molecule has 3 heterocycles. The molecule has 13 heteroatoms. The first-order valence-electron chi connectivity index (χ1n) is 12.9. The molecule has 1 saturated heterocycles. The smallest absolute Gasteiger partial charge is 0.407 e. The van der Waals surface area contributed by atoms with Crippen molar-refractivity contribution in [1.82, 2.24) is 24.6 Å². The number of hydrogen-bond donors (Lipinski definition) is 3. The molecule has 3 N–H and O–H groups in total. The number of amides is 2. The second-order valence-electron chi connectivity index (χ2n) is 9.60. The van der Waals surface area contributed by atoms with Crippen LogP contribution in [0.25, 0.3) is 10.8 Å². The lowest BCUT2D eigenvalue weighted by molar-refractivity contribution is 0.102. The molecule has 5 rings (SSSR count). The van der Waals surface area contributed by atoms with Crippen molar-refractivity contribution >= 4 is 40.2 Å². The molecule has 0 bridgehead atoms. The van der Waals surface area contributed by atoms with Gasteiger partial charge in [-0.25, -0.2) is 9.78 Å². The van der Waals surface area contributed by atoms with Crippen molar-refractivity contribution in [3.05, 3.63) is 66.1 Å². The number of anilines is 3. The number of nitriles is 1. The molecule has 1 atom stereocenters. The number of nitrogens with one attached hydrogen (secondary N) is 2. The fourth-order valence-corrected chi connectivity index (χ4v) is 4.82. The number of aryl methyl sites for hydroxylation is 1. The number of benzene rings is 2. The topological polar surface area (TPSA) is 162 Å². The van der Waals surface area contributed by atoms with Crippen LogP contribution in [0.3, 0.4) is 0 Å².